The predicted molar refractivity (Wildman–Crippen MR) is 96.6 cm³/mol. The van der Waals surface area contributed by atoms with E-state index in [0.29, 0.717) is 30.6 Å². The lowest BCUT2D eigenvalue weighted by Crippen LogP contribution is -2.45. The molecule has 1 saturated carbocycles. The summed E-state index contributed by atoms with van der Waals surface area (Å²) in [6, 6.07) is 9.61. The number of rotatable bonds is 7. The largest absolute Gasteiger partial charge is 0.494 e. The first-order chi connectivity index (χ1) is 12.6. The van der Waals surface area contributed by atoms with Crippen molar-refractivity contribution < 1.29 is 13.9 Å². The SMILES string of the molecule is CCOc1ccc(-c2nnc(SCC(=O)NC3(C#N)CCCC3)o2)cc1. The van der Waals surface area contributed by atoms with Gasteiger partial charge in [-0.3, -0.25) is 4.79 Å². The topological polar surface area (TPSA) is 101 Å². The van der Waals surface area contributed by atoms with Crippen LogP contribution in [0.15, 0.2) is 33.9 Å². The second kappa shape index (κ2) is 8.23. The van der Waals surface area contributed by atoms with Crippen LogP contribution in [0.5, 0.6) is 5.75 Å². The van der Waals surface area contributed by atoms with Gasteiger partial charge in [-0.15, -0.1) is 10.2 Å². The Kier molecular flexibility index (Phi) is 5.78. The van der Waals surface area contributed by atoms with E-state index in [9.17, 15) is 10.1 Å². The van der Waals surface area contributed by atoms with E-state index in [1.165, 1.54) is 0 Å². The Morgan fingerprint density at radius 1 is 1.35 bits per heavy atom. The Hall–Kier alpha value is -2.53. The molecule has 3 rings (SSSR count). The van der Waals surface area contributed by atoms with Crippen molar-refractivity contribution in [1.82, 2.24) is 15.5 Å². The van der Waals surface area contributed by atoms with Crippen LogP contribution in [0.2, 0.25) is 0 Å². The zero-order chi connectivity index (χ0) is 18.4. The molecule has 2 aromatic rings. The number of nitrogens with zero attached hydrogens (tertiary/aromatic N) is 3. The molecule has 0 bridgehead atoms. The molecule has 7 nitrogen and oxygen atoms in total. The Balaban J connectivity index is 1.55. The van der Waals surface area contributed by atoms with E-state index >= 15 is 0 Å². The zero-order valence-electron chi connectivity index (χ0n) is 14.5. The highest BCUT2D eigenvalue weighted by molar-refractivity contribution is 7.99. The van der Waals surface area contributed by atoms with Crippen LogP contribution in [0.4, 0.5) is 0 Å². The number of benzene rings is 1. The lowest BCUT2D eigenvalue weighted by atomic mass is 10.0. The summed E-state index contributed by atoms with van der Waals surface area (Å²) in [6.07, 6.45) is 3.36. The molecule has 1 heterocycles. The van der Waals surface area contributed by atoms with Crippen molar-refractivity contribution in [1.29, 1.82) is 5.26 Å². The number of aromatic nitrogens is 2. The molecular weight excluding hydrogens is 352 g/mol. The summed E-state index contributed by atoms with van der Waals surface area (Å²) in [5.74, 6) is 1.11. The minimum atomic E-state index is -0.708. The molecule has 8 heteroatoms. The molecule has 1 aliphatic carbocycles. The summed E-state index contributed by atoms with van der Waals surface area (Å²) >= 11 is 1.16. The third-order valence-corrected chi connectivity index (χ3v) is 5.01. The average Bonchev–Trinajstić information content (AvgIpc) is 3.31. The van der Waals surface area contributed by atoms with Gasteiger partial charge in [0.2, 0.25) is 11.8 Å². The number of carbonyl (C=O) groups is 1. The fraction of sp³-hybridized carbons (Fsp3) is 0.444. The number of amides is 1. The van der Waals surface area contributed by atoms with Crippen LogP contribution in [0.3, 0.4) is 0 Å². The van der Waals surface area contributed by atoms with Gasteiger partial charge < -0.3 is 14.5 Å². The quantitative estimate of drug-likeness (QED) is 0.745. The number of hydrogen-bond acceptors (Lipinski definition) is 7. The minimum absolute atomic E-state index is 0.133. The van der Waals surface area contributed by atoms with E-state index in [4.69, 9.17) is 9.15 Å². The van der Waals surface area contributed by atoms with E-state index in [-0.39, 0.29) is 11.7 Å². The Bertz CT molecular complexity index is 792. The van der Waals surface area contributed by atoms with E-state index in [1.54, 1.807) is 0 Å². The predicted octanol–water partition coefficient (Wildman–Crippen LogP) is 3.18. The van der Waals surface area contributed by atoms with Crippen molar-refractivity contribution in [2.75, 3.05) is 12.4 Å². The lowest BCUT2D eigenvalue weighted by molar-refractivity contribution is -0.119. The van der Waals surface area contributed by atoms with Gasteiger partial charge in [-0.1, -0.05) is 11.8 Å². The highest BCUT2D eigenvalue weighted by atomic mass is 32.2. The average molecular weight is 372 g/mol. The molecule has 0 aliphatic heterocycles. The number of ether oxygens (including phenoxy) is 1. The summed E-state index contributed by atoms with van der Waals surface area (Å²) in [5, 5.41) is 20.5. The summed E-state index contributed by atoms with van der Waals surface area (Å²) in [7, 11) is 0. The van der Waals surface area contributed by atoms with Crippen LogP contribution in [-0.2, 0) is 4.79 Å². The first kappa shape index (κ1) is 18.3. The molecule has 26 heavy (non-hydrogen) atoms. The maximum Gasteiger partial charge on any atom is 0.277 e. The molecule has 1 aromatic heterocycles. The molecule has 136 valence electrons. The first-order valence-electron chi connectivity index (χ1n) is 8.56. The van der Waals surface area contributed by atoms with Gasteiger partial charge in [0.1, 0.15) is 11.3 Å². The summed E-state index contributed by atoms with van der Waals surface area (Å²) in [6.45, 7) is 2.53. The molecule has 1 aliphatic rings. The third-order valence-electron chi connectivity index (χ3n) is 4.20. The maximum atomic E-state index is 12.1. The molecule has 1 aromatic carbocycles. The van der Waals surface area contributed by atoms with E-state index < -0.39 is 5.54 Å². The van der Waals surface area contributed by atoms with Crippen LogP contribution in [0, 0.1) is 11.3 Å². The summed E-state index contributed by atoms with van der Waals surface area (Å²) < 4.78 is 11.0. The molecule has 0 unspecified atom stereocenters. The second-order valence-corrected chi connectivity index (χ2v) is 6.99. The van der Waals surface area contributed by atoms with E-state index in [0.717, 1.165) is 35.9 Å². The Morgan fingerprint density at radius 2 is 2.08 bits per heavy atom. The van der Waals surface area contributed by atoms with Gasteiger partial charge in [-0.25, -0.2) is 0 Å². The minimum Gasteiger partial charge on any atom is -0.494 e. The Labute approximate surface area is 156 Å². The van der Waals surface area contributed by atoms with Gasteiger partial charge in [0.15, 0.2) is 0 Å². The van der Waals surface area contributed by atoms with E-state index in [2.05, 4.69) is 21.6 Å². The smallest absolute Gasteiger partial charge is 0.277 e. The van der Waals surface area contributed by atoms with Crippen LogP contribution in [-0.4, -0.2) is 34.0 Å². The zero-order valence-corrected chi connectivity index (χ0v) is 15.3. The number of thioether (sulfide) groups is 1. The molecule has 0 saturated heterocycles. The van der Waals surface area contributed by atoms with Crippen molar-refractivity contribution in [3.63, 3.8) is 0 Å². The van der Waals surface area contributed by atoms with Gasteiger partial charge >= 0.3 is 0 Å². The van der Waals surface area contributed by atoms with Gasteiger partial charge in [-0.2, -0.15) is 5.26 Å². The monoisotopic (exact) mass is 372 g/mol. The molecular formula is C18H20N4O3S. The number of nitrogens with one attached hydrogen (secondary N) is 1. The van der Waals surface area contributed by atoms with Gasteiger partial charge in [0, 0.05) is 5.56 Å². The third kappa shape index (κ3) is 4.35. The van der Waals surface area contributed by atoms with Crippen LogP contribution < -0.4 is 10.1 Å². The fourth-order valence-corrected chi connectivity index (χ4v) is 3.48. The normalized spacial score (nSPS) is 15.4. The second-order valence-electron chi connectivity index (χ2n) is 6.07. The Morgan fingerprint density at radius 3 is 2.73 bits per heavy atom. The maximum absolute atomic E-state index is 12.1. The van der Waals surface area contributed by atoms with Gasteiger partial charge in [-0.05, 0) is 56.9 Å². The van der Waals surface area contributed by atoms with Gasteiger partial charge in [0.25, 0.3) is 5.22 Å². The number of hydrogen-bond donors (Lipinski definition) is 1. The van der Waals surface area contributed by atoms with Crippen molar-refractivity contribution >= 4 is 17.7 Å². The molecule has 0 spiro atoms. The molecule has 1 amide bonds. The molecule has 1 N–H and O–H groups in total. The van der Waals surface area contributed by atoms with Crippen LogP contribution >= 0.6 is 11.8 Å². The number of carbonyl (C=O) groups excluding carboxylic acids is 1. The van der Waals surface area contributed by atoms with Gasteiger partial charge in [0.05, 0.1) is 18.4 Å². The van der Waals surface area contributed by atoms with Crippen molar-refractivity contribution in [3.8, 4) is 23.3 Å². The van der Waals surface area contributed by atoms with Crippen LogP contribution in [0.1, 0.15) is 32.6 Å². The molecule has 0 radical (unpaired) electrons. The standard InChI is InChI=1S/C18H20N4O3S/c1-2-24-14-7-5-13(6-8-14)16-21-22-17(25-16)26-11-15(23)20-18(12-19)9-3-4-10-18/h5-8H,2-4,9-11H2,1H3,(H,20,23). The van der Waals surface area contributed by atoms with Crippen LogP contribution in [0.25, 0.3) is 11.5 Å². The summed E-state index contributed by atoms with van der Waals surface area (Å²) in [4.78, 5) is 12.1. The molecule has 1 fully saturated rings. The first-order valence-corrected chi connectivity index (χ1v) is 9.54. The highest BCUT2D eigenvalue weighted by Crippen LogP contribution is 2.29. The number of nitriles is 1. The van der Waals surface area contributed by atoms with Crippen molar-refractivity contribution in [3.05, 3.63) is 24.3 Å². The van der Waals surface area contributed by atoms with Crippen molar-refractivity contribution in [2.24, 2.45) is 0 Å². The molecule has 0 atom stereocenters. The van der Waals surface area contributed by atoms with Crippen molar-refractivity contribution in [2.45, 2.75) is 43.4 Å². The van der Waals surface area contributed by atoms with E-state index in [1.807, 2.05) is 31.2 Å². The summed E-state index contributed by atoms with van der Waals surface area (Å²) in [5.41, 5.74) is 0.0755. The highest BCUT2D eigenvalue weighted by Gasteiger charge is 2.35. The fourth-order valence-electron chi connectivity index (χ4n) is 2.92. The lowest BCUT2D eigenvalue weighted by Gasteiger charge is -2.21.